The van der Waals surface area contributed by atoms with Crippen molar-refractivity contribution in [2.45, 2.75) is 20.0 Å². The van der Waals surface area contributed by atoms with Crippen molar-refractivity contribution < 1.29 is 19.1 Å². The maximum absolute atomic E-state index is 13.0. The van der Waals surface area contributed by atoms with E-state index in [1.54, 1.807) is 30.3 Å². The maximum Gasteiger partial charge on any atom is 0.278 e. The van der Waals surface area contributed by atoms with Crippen molar-refractivity contribution in [2.75, 3.05) is 19.0 Å². The topological polar surface area (TPSA) is 67.9 Å². The zero-order chi connectivity index (χ0) is 21.0. The molecule has 0 atom stereocenters. The molecule has 1 heterocycles. The van der Waals surface area contributed by atoms with Crippen molar-refractivity contribution in [3.8, 4) is 11.5 Å². The van der Waals surface area contributed by atoms with Gasteiger partial charge in [-0.05, 0) is 44.2 Å². The van der Waals surface area contributed by atoms with Crippen LogP contribution in [0.15, 0.2) is 66.9 Å². The van der Waals surface area contributed by atoms with Gasteiger partial charge in [0.15, 0.2) is 0 Å². The van der Waals surface area contributed by atoms with Crippen molar-refractivity contribution >= 4 is 23.1 Å². The number of rotatable bonds is 8. The number of ether oxygens (including phenoxy) is 2. The Balaban J connectivity index is 2.02. The van der Waals surface area contributed by atoms with Crippen LogP contribution in [0, 0.1) is 0 Å². The summed E-state index contributed by atoms with van der Waals surface area (Å²) in [5, 5.41) is 3.11. The van der Waals surface area contributed by atoms with E-state index in [1.165, 1.54) is 13.2 Å². The number of nitrogens with one attached hydrogen (secondary N) is 1. The molecule has 1 N–H and O–H groups in total. The van der Waals surface area contributed by atoms with Crippen LogP contribution < -0.4 is 14.8 Å². The minimum atomic E-state index is -0.404. The number of methoxy groups -OCH3 is 1. The Morgan fingerprint density at radius 2 is 1.76 bits per heavy atom. The lowest BCUT2D eigenvalue weighted by atomic mass is 10.0. The molecule has 1 aliphatic rings. The molecular formula is C23H24N2O4. The van der Waals surface area contributed by atoms with E-state index in [9.17, 15) is 9.59 Å². The van der Waals surface area contributed by atoms with E-state index in [0.29, 0.717) is 17.0 Å². The first-order chi connectivity index (χ1) is 14.0. The van der Waals surface area contributed by atoms with Gasteiger partial charge in [-0.25, -0.2) is 0 Å². The molecule has 0 radical (unpaired) electrons. The van der Waals surface area contributed by atoms with Crippen LogP contribution in [-0.2, 0) is 9.59 Å². The number of amides is 2. The average molecular weight is 392 g/mol. The Morgan fingerprint density at radius 1 is 1.07 bits per heavy atom. The predicted octanol–water partition coefficient (Wildman–Crippen LogP) is 3.86. The van der Waals surface area contributed by atoms with Gasteiger partial charge in [-0.1, -0.05) is 24.3 Å². The summed E-state index contributed by atoms with van der Waals surface area (Å²) in [6.07, 6.45) is 1.59. The maximum atomic E-state index is 13.0. The molecule has 0 fully saturated rings. The molecular weight excluding hydrogens is 368 g/mol. The fraction of sp³-hybridized carbons (Fsp3) is 0.217. The fourth-order valence-corrected chi connectivity index (χ4v) is 3.12. The van der Waals surface area contributed by atoms with E-state index >= 15 is 0 Å². The Hall–Kier alpha value is -3.54. The first-order valence-corrected chi connectivity index (χ1v) is 9.34. The molecule has 1 aliphatic heterocycles. The van der Waals surface area contributed by atoms with Crippen molar-refractivity contribution in [1.29, 1.82) is 0 Å². The SMILES string of the molecule is C=CCN1C(=O)C(Nc2ccc(OC(C)C)cc2)=C(c2ccccc2OC)C1=O. The number of imide groups is 1. The third kappa shape index (κ3) is 4.16. The van der Waals surface area contributed by atoms with Crippen LogP contribution in [0.3, 0.4) is 0 Å². The van der Waals surface area contributed by atoms with Crippen LogP contribution in [0.1, 0.15) is 19.4 Å². The van der Waals surface area contributed by atoms with Gasteiger partial charge >= 0.3 is 0 Å². The van der Waals surface area contributed by atoms with E-state index in [2.05, 4.69) is 11.9 Å². The molecule has 150 valence electrons. The van der Waals surface area contributed by atoms with Crippen molar-refractivity contribution in [1.82, 2.24) is 4.90 Å². The van der Waals surface area contributed by atoms with Crippen LogP contribution in [0.4, 0.5) is 5.69 Å². The van der Waals surface area contributed by atoms with Crippen LogP contribution in [-0.4, -0.2) is 36.5 Å². The van der Waals surface area contributed by atoms with E-state index in [4.69, 9.17) is 9.47 Å². The quantitative estimate of drug-likeness (QED) is 0.546. The molecule has 2 aromatic rings. The Bertz CT molecular complexity index is 961. The number of hydrogen-bond acceptors (Lipinski definition) is 5. The second-order valence-corrected chi connectivity index (χ2v) is 6.78. The number of carbonyl (C=O) groups is 2. The third-order valence-corrected chi connectivity index (χ3v) is 4.35. The van der Waals surface area contributed by atoms with Crippen LogP contribution >= 0.6 is 0 Å². The zero-order valence-corrected chi connectivity index (χ0v) is 16.8. The second kappa shape index (κ2) is 8.65. The summed E-state index contributed by atoms with van der Waals surface area (Å²) in [6.45, 7) is 7.67. The number of anilines is 1. The highest BCUT2D eigenvalue weighted by Crippen LogP contribution is 2.35. The second-order valence-electron chi connectivity index (χ2n) is 6.78. The minimum absolute atomic E-state index is 0.0650. The molecule has 3 rings (SSSR count). The molecule has 0 unspecified atom stereocenters. The molecule has 2 amide bonds. The van der Waals surface area contributed by atoms with Gasteiger partial charge < -0.3 is 14.8 Å². The molecule has 6 heteroatoms. The molecule has 0 aromatic heterocycles. The van der Waals surface area contributed by atoms with Crippen LogP contribution in [0.5, 0.6) is 11.5 Å². The van der Waals surface area contributed by atoms with E-state index in [-0.39, 0.29) is 29.8 Å². The summed E-state index contributed by atoms with van der Waals surface area (Å²) < 4.78 is 11.1. The molecule has 0 saturated heterocycles. The summed E-state index contributed by atoms with van der Waals surface area (Å²) in [5.74, 6) is 0.454. The minimum Gasteiger partial charge on any atom is -0.496 e. The molecule has 29 heavy (non-hydrogen) atoms. The van der Waals surface area contributed by atoms with Crippen LogP contribution in [0.25, 0.3) is 5.57 Å². The third-order valence-electron chi connectivity index (χ3n) is 4.35. The normalized spacial score (nSPS) is 13.9. The Morgan fingerprint density at radius 3 is 2.38 bits per heavy atom. The number of para-hydroxylation sites is 1. The van der Waals surface area contributed by atoms with Crippen molar-refractivity contribution in [3.63, 3.8) is 0 Å². The lowest BCUT2D eigenvalue weighted by Gasteiger charge is -2.13. The number of nitrogens with zero attached hydrogens (tertiary/aromatic N) is 1. The van der Waals surface area contributed by atoms with E-state index in [0.717, 1.165) is 10.6 Å². The predicted molar refractivity (Wildman–Crippen MR) is 113 cm³/mol. The molecule has 2 aromatic carbocycles. The van der Waals surface area contributed by atoms with Gasteiger partial charge in [0.05, 0.1) is 18.8 Å². The van der Waals surface area contributed by atoms with E-state index in [1.807, 2.05) is 32.0 Å². The number of carbonyl (C=O) groups excluding carboxylic acids is 2. The summed E-state index contributed by atoms with van der Waals surface area (Å²) in [5.41, 5.74) is 1.71. The summed E-state index contributed by atoms with van der Waals surface area (Å²) in [7, 11) is 1.53. The van der Waals surface area contributed by atoms with Crippen molar-refractivity contribution in [3.05, 3.63) is 72.4 Å². The lowest BCUT2D eigenvalue weighted by molar-refractivity contribution is -0.136. The fourth-order valence-electron chi connectivity index (χ4n) is 3.12. The highest BCUT2D eigenvalue weighted by molar-refractivity contribution is 6.37. The highest BCUT2D eigenvalue weighted by atomic mass is 16.5. The largest absolute Gasteiger partial charge is 0.496 e. The van der Waals surface area contributed by atoms with Gasteiger partial charge in [0, 0.05) is 17.8 Å². The zero-order valence-electron chi connectivity index (χ0n) is 16.8. The van der Waals surface area contributed by atoms with Crippen LogP contribution in [0.2, 0.25) is 0 Å². The van der Waals surface area contributed by atoms with Crippen molar-refractivity contribution in [2.24, 2.45) is 0 Å². The average Bonchev–Trinajstić information content (AvgIpc) is 2.93. The molecule has 0 aliphatic carbocycles. The standard InChI is InChI=1S/C23H24N2O4/c1-5-14-25-22(26)20(18-8-6-7-9-19(18)28-4)21(23(25)27)24-16-10-12-17(13-11-16)29-15(2)3/h5-13,15,24H,1,14H2,2-4H3. The first kappa shape index (κ1) is 20.2. The summed E-state index contributed by atoms with van der Waals surface area (Å²) in [6, 6.07) is 14.4. The number of benzene rings is 2. The summed E-state index contributed by atoms with van der Waals surface area (Å²) >= 11 is 0. The molecule has 0 saturated carbocycles. The molecule has 6 nitrogen and oxygen atoms in total. The smallest absolute Gasteiger partial charge is 0.278 e. The monoisotopic (exact) mass is 392 g/mol. The lowest BCUT2D eigenvalue weighted by Crippen LogP contribution is -2.32. The highest BCUT2D eigenvalue weighted by Gasteiger charge is 2.39. The Kier molecular flexibility index (Phi) is 6.02. The van der Waals surface area contributed by atoms with Gasteiger partial charge in [0.1, 0.15) is 17.2 Å². The first-order valence-electron chi connectivity index (χ1n) is 9.34. The molecule has 0 spiro atoms. The summed E-state index contributed by atoms with van der Waals surface area (Å²) in [4.78, 5) is 27.2. The van der Waals surface area contributed by atoms with Gasteiger partial charge in [0.25, 0.3) is 11.8 Å². The van der Waals surface area contributed by atoms with Gasteiger partial charge in [0.2, 0.25) is 0 Å². The van der Waals surface area contributed by atoms with E-state index < -0.39 is 5.91 Å². The van der Waals surface area contributed by atoms with Gasteiger partial charge in [-0.15, -0.1) is 6.58 Å². The molecule has 0 bridgehead atoms. The van der Waals surface area contributed by atoms with Gasteiger partial charge in [-0.3, -0.25) is 14.5 Å². The number of hydrogen-bond donors (Lipinski definition) is 1. The Labute approximate surface area is 170 Å². The van der Waals surface area contributed by atoms with Gasteiger partial charge in [-0.2, -0.15) is 0 Å².